The highest BCUT2D eigenvalue weighted by Gasteiger charge is 2.24. The summed E-state index contributed by atoms with van der Waals surface area (Å²) in [7, 11) is 1.49. The third-order valence-corrected chi connectivity index (χ3v) is 3.58. The van der Waals surface area contributed by atoms with E-state index in [0.717, 1.165) is 0 Å². The van der Waals surface area contributed by atoms with E-state index in [1.807, 2.05) is 0 Å². The van der Waals surface area contributed by atoms with Gasteiger partial charge >= 0.3 is 18.0 Å². The Bertz CT molecular complexity index is 489. The van der Waals surface area contributed by atoms with Crippen molar-refractivity contribution >= 4 is 29.3 Å². The van der Waals surface area contributed by atoms with Crippen LogP contribution in [0.25, 0.3) is 0 Å². The average Bonchev–Trinajstić information content (AvgIpc) is 2.95. The van der Waals surface area contributed by atoms with Crippen molar-refractivity contribution in [2.24, 2.45) is 0 Å². The van der Waals surface area contributed by atoms with Crippen molar-refractivity contribution in [3.8, 4) is 0 Å². The molecular weight excluding hydrogens is 296 g/mol. The van der Waals surface area contributed by atoms with Crippen LogP contribution in [-0.4, -0.2) is 48.2 Å². The van der Waals surface area contributed by atoms with Gasteiger partial charge in [0.2, 0.25) is 0 Å². The van der Waals surface area contributed by atoms with Gasteiger partial charge in [-0.2, -0.15) is 0 Å². The molecule has 0 saturated heterocycles. The number of ether oxygens (including phenoxy) is 1. The molecule has 1 aromatic heterocycles. The first-order valence-corrected chi connectivity index (χ1v) is 7.27. The average molecular weight is 314 g/mol. The Morgan fingerprint density at radius 1 is 1.48 bits per heavy atom. The highest BCUT2D eigenvalue weighted by Crippen LogP contribution is 2.19. The smallest absolute Gasteiger partial charge is 0.331 e. The third kappa shape index (κ3) is 5.42. The van der Waals surface area contributed by atoms with E-state index in [0.29, 0.717) is 4.88 Å². The fraction of sp³-hybridized carbons (Fsp3) is 0.462. The predicted molar refractivity (Wildman–Crippen MR) is 77.1 cm³/mol. The number of hydrogen-bond acceptors (Lipinski definition) is 5. The molecule has 2 amide bonds. The molecule has 0 aliphatic heterocycles. The van der Waals surface area contributed by atoms with E-state index in [4.69, 9.17) is 9.84 Å². The lowest BCUT2D eigenvalue weighted by Crippen LogP contribution is -2.42. The van der Waals surface area contributed by atoms with Crippen LogP contribution in [0.15, 0.2) is 17.5 Å². The number of carboxylic acid groups (broad SMARTS) is 1. The zero-order valence-corrected chi connectivity index (χ0v) is 12.7. The molecule has 0 aliphatic carbocycles. The first kappa shape index (κ1) is 17.0. The van der Waals surface area contributed by atoms with Gasteiger partial charge in [-0.25, -0.2) is 9.59 Å². The number of aliphatic carboxylic acids is 1. The van der Waals surface area contributed by atoms with Crippen molar-refractivity contribution in [2.75, 3.05) is 20.2 Å². The van der Waals surface area contributed by atoms with E-state index in [-0.39, 0.29) is 19.6 Å². The Kier molecular flexibility index (Phi) is 6.67. The molecule has 1 rings (SSSR count). The Morgan fingerprint density at radius 3 is 2.71 bits per heavy atom. The Hall–Kier alpha value is -2.09. The van der Waals surface area contributed by atoms with Gasteiger partial charge in [0.25, 0.3) is 0 Å². The van der Waals surface area contributed by atoms with Crippen molar-refractivity contribution < 1.29 is 24.2 Å². The number of amides is 2. The van der Waals surface area contributed by atoms with Gasteiger partial charge in [-0.3, -0.25) is 4.79 Å². The van der Waals surface area contributed by atoms with Crippen molar-refractivity contribution in [1.82, 2.24) is 10.2 Å². The van der Waals surface area contributed by atoms with Crippen LogP contribution in [0.1, 0.15) is 24.3 Å². The first-order valence-electron chi connectivity index (χ1n) is 6.39. The summed E-state index contributed by atoms with van der Waals surface area (Å²) in [5, 5.41) is 13.3. The summed E-state index contributed by atoms with van der Waals surface area (Å²) in [6, 6.07) is 1.71. The quantitative estimate of drug-likeness (QED) is 0.743. The molecule has 8 heteroatoms. The minimum absolute atomic E-state index is 0.0640. The molecule has 1 unspecified atom stereocenters. The maximum Gasteiger partial charge on any atom is 0.331 e. The highest BCUT2D eigenvalue weighted by molar-refractivity contribution is 7.10. The monoisotopic (exact) mass is 314 g/mol. The van der Waals surface area contributed by atoms with E-state index < -0.39 is 24.0 Å². The van der Waals surface area contributed by atoms with Gasteiger partial charge in [0.05, 0.1) is 13.0 Å². The molecule has 0 saturated carbocycles. The number of carbonyl (C=O) groups excluding carboxylic acids is 2. The van der Waals surface area contributed by atoms with E-state index in [2.05, 4.69) is 5.32 Å². The third-order valence-electron chi connectivity index (χ3n) is 2.65. The maximum atomic E-state index is 11.9. The summed E-state index contributed by atoms with van der Waals surface area (Å²) >= 11 is 1.25. The number of esters is 1. The number of carboxylic acids is 1. The second-order valence-corrected chi connectivity index (χ2v) is 5.19. The molecule has 1 heterocycles. The van der Waals surface area contributed by atoms with Gasteiger partial charge in [-0.05, 0) is 18.4 Å². The second-order valence-electron chi connectivity index (χ2n) is 4.21. The predicted octanol–water partition coefficient (Wildman–Crippen LogP) is 1.47. The number of nitrogens with zero attached hydrogens (tertiary/aromatic N) is 1. The first-order chi connectivity index (χ1) is 9.95. The Labute approximate surface area is 126 Å². The number of urea groups is 1. The zero-order valence-electron chi connectivity index (χ0n) is 11.9. The largest absolute Gasteiger partial charge is 0.479 e. The van der Waals surface area contributed by atoms with Crippen molar-refractivity contribution in [1.29, 1.82) is 0 Å². The van der Waals surface area contributed by atoms with E-state index in [9.17, 15) is 14.4 Å². The summed E-state index contributed by atoms with van der Waals surface area (Å²) in [5.74, 6) is -1.53. The maximum absolute atomic E-state index is 11.9. The summed E-state index contributed by atoms with van der Waals surface area (Å²) in [4.78, 5) is 36.1. The minimum atomic E-state index is -1.13. The van der Waals surface area contributed by atoms with E-state index in [1.54, 1.807) is 24.4 Å². The summed E-state index contributed by atoms with van der Waals surface area (Å²) in [5.41, 5.74) is 0. The van der Waals surface area contributed by atoms with Gasteiger partial charge in [0.15, 0.2) is 6.04 Å². The topological polar surface area (TPSA) is 95.9 Å². The highest BCUT2D eigenvalue weighted by atomic mass is 32.1. The number of thiophene rings is 1. The van der Waals surface area contributed by atoms with Crippen LogP contribution in [0.3, 0.4) is 0 Å². The molecule has 0 radical (unpaired) electrons. The number of rotatable bonds is 7. The molecule has 116 valence electrons. The van der Waals surface area contributed by atoms with Gasteiger partial charge in [0, 0.05) is 18.5 Å². The normalized spacial score (nSPS) is 11.5. The Morgan fingerprint density at radius 2 is 2.19 bits per heavy atom. The standard InChI is InChI=1S/C13H18N2O5S/c1-3-20-10(16)6-7-15(2)13(19)14-11(12(17)18)9-5-4-8-21-9/h4-5,8,11H,3,6-7H2,1-2H3,(H,14,19)(H,17,18). The fourth-order valence-corrected chi connectivity index (χ4v) is 2.30. The summed E-state index contributed by atoms with van der Waals surface area (Å²) in [6.07, 6.45) is 0.0640. The van der Waals surface area contributed by atoms with Gasteiger partial charge < -0.3 is 20.1 Å². The second kappa shape index (κ2) is 8.25. The fourth-order valence-electron chi connectivity index (χ4n) is 1.54. The lowest BCUT2D eigenvalue weighted by molar-refractivity contribution is -0.143. The Balaban J connectivity index is 2.53. The molecular formula is C13H18N2O5S. The minimum Gasteiger partial charge on any atom is -0.479 e. The van der Waals surface area contributed by atoms with Crippen molar-refractivity contribution in [3.05, 3.63) is 22.4 Å². The molecule has 0 fully saturated rings. The van der Waals surface area contributed by atoms with Gasteiger partial charge in [-0.1, -0.05) is 6.07 Å². The van der Waals surface area contributed by atoms with Crippen LogP contribution in [-0.2, 0) is 14.3 Å². The molecule has 0 aromatic carbocycles. The van der Waals surface area contributed by atoms with Gasteiger partial charge in [-0.15, -0.1) is 11.3 Å². The number of nitrogens with one attached hydrogen (secondary N) is 1. The molecule has 1 aromatic rings. The number of hydrogen-bond donors (Lipinski definition) is 2. The SMILES string of the molecule is CCOC(=O)CCN(C)C(=O)NC(C(=O)O)c1cccs1. The van der Waals surface area contributed by atoms with Crippen LogP contribution < -0.4 is 5.32 Å². The lowest BCUT2D eigenvalue weighted by Gasteiger charge is -2.20. The van der Waals surface area contributed by atoms with Crippen LogP contribution in [0.5, 0.6) is 0 Å². The zero-order chi connectivity index (χ0) is 15.8. The van der Waals surface area contributed by atoms with E-state index >= 15 is 0 Å². The molecule has 2 N–H and O–H groups in total. The van der Waals surface area contributed by atoms with Crippen LogP contribution >= 0.6 is 11.3 Å². The van der Waals surface area contributed by atoms with Crippen LogP contribution in [0.2, 0.25) is 0 Å². The molecule has 21 heavy (non-hydrogen) atoms. The number of carbonyl (C=O) groups is 3. The van der Waals surface area contributed by atoms with Crippen molar-refractivity contribution in [2.45, 2.75) is 19.4 Å². The van der Waals surface area contributed by atoms with E-state index in [1.165, 1.54) is 23.3 Å². The molecule has 7 nitrogen and oxygen atoms in total. The van der Waals surface area contributed by atoms with Crippen molar-refractivity contribution in [3.63, 3.8) is 0 Å². The molecule has 0 spiro atoms. The van der Waals surface area contributed by atoms with Crippen LogP contribution in [0, 0.1) is 0 Å². The molecule has 1 atom stereocenters. The molecule has 0 bridgehead atoms. The lowest BCUT2D eigenvalue weighted by atomic mass is 10.2. The summed E-state index contributed by atoms with van der Waals surface area (Å²) < 4.78 is 4.76. The molecule has 0 aliphatic rings. The van der Waals surface area contributed by atoms with Gasteiger partial charge in [0.1, 0.15) is 0 Å². The summed E-state index contributed by atoms with van der Waals surface area (Å²) in [6.45, 7) is 2.14. The van der Waals surface area contributed by atoms with Crippen LogP contribution in [0.4, 0.5) is 4.79 Å².